The van der Waals surface area contributed by atoms with Crippen LogP contribution in [-0.2, 0) is 29.1 Å². The first-order chi connectivity index (χ1) is 25.9. The van der Waals surface area contributed by atoms with Crippen LogP contribution < -0.4 is 14.5 Å². The van der Waals surface area contributed by atoms with Crippen LogP contribution in [0.25, 0.3) is 10.8 Å². The quantitative estimate of drug-likeness (QED) is 0.110. The van der Waals surface area contributed by atoms with Gasteiger partial charge in [0.1, 0.15) is 12.4 Å². The molecule has 3 aliphatic rings. The molecule has 7 rings (SSSR count). The smallest absolute Gasteiger partial charge is 0.318 e. The molecule has 3 aliphatic heterocycles. The summed E-state index contributed by atoms with van der Waals surface area (Å²) in [7, 11) is 0. The fourth-order valence-electron chi connectivity index (χ4n) is 8.11. The minimum Gasteiger partial charge on any atom is -0.462 e. The van der Waals surface area contributed by atoms with Crippen LogP contribution in [0.15, 0.2) is 73.3 Å². The maximum atomic E-state index is 12.7. The number of carbonyl (C=O) groups is 1. The second kappa shape index (κ2) is 17.0. The molecular formula is C42H48ClN7O3. The molecule has 53 heavy (non-hydrogen) atoms. The number of nitrogens with zero attached hydrogens (tertiary/aromatic N) is 7. The number of rotatable bonds is 13. The van der Waals surface area contributed by atoms with Gasteiger partial charge in [0.25, 0.3) is 0 Å². The van der Waals surface area contributed by atoms with Gasteiger partial charge in [-0.1, -0.05) is 72.3 Å². The van der Waals surface area contributed by atoms with Gasteiger partial charge >= 0.3 is 6.01 Å². The van der Waals surface area contributed by atoms with Gasteiger partial charge in [-0.25, -0.2) is 0 Å². The van der Waals surface area contributed by atoms with E-state index in [1.807, 2.05) is 12.1 Å². The summed E-state index contributed by atoms with van der Waals surface area (Å²) < 4.78 is 12.5. The summed E-state index contributed by atoms with van der Waals surface area (Å²) in [4.78, 5) is 31.6. The Kier molecular flexibility index (Phi) is 11.7. The summed E-state index contributed by atoms with van der Waals surface area (Å²) in [6.07, 6.45) is 5.45. The molecule has 2 fully saturated rings. The molecule has 276 valence electrons. The first-order valence-electron chi connectivity index (χ1n) is 18.8. The molecule has 4 aromatic rings. The number of likely N-dealkylation sites (tertiary alicyclic amines) is 1. The van der Waals surface area contributed by atoms with Crippen LogP contribution >= 0.6 is 11.6 Å². The Labute approximate surface area is 317 Å². The summed E-state index contributed by atoms with van der Waals surface area (Å²) in [5, 5.41) is 12.5. The molecule has 0 aliphatic carbocycles. The van der Waals surface area contributed by atoms with Gasteiger partial charge in [0.05, 0.1) is 42.4 Å². The molecule has 4 heterocycles. The summed E-state index contributed by atoms with van der Waals surface area (Å²) in [5.41, 5.74) is 5.55. The number of ether oxygens (including phenoxy) is 2. The molecule has 1 amide bonds. The number of benzene rings is 3. The Hall–Kier alpha value is -4.69. The number of anilines is 2. The average molecular weight is 734 g/mol. The topological polar surface area (TPSA) is 98.1 Å². The van der Waals surface area contributed by atoms with E-state index in [2.05, 4.69) is 82.8 Å². The van der Waals surface area contributed by atoms with E-state index in [0.717, 1.165) is 83.9 Å². The number of nitriles is 1. The highest BCUT2D eigenvalue weighted by Crippen LogP contribution is 2.37. The Morgan fingerprint density at radius 2 is 1.91 bits per heavy atom. The predicted molar refractivity (Wildman–Crippen MR) is 209 cm³/mol. The van der Waals surface area contributed by atoms with Crippen LogP contribution in [0.3, 0.4) is 0 Å². The molecule has 0 radical (unpaired) electrons. The molecule has 0 unspecified atom stereocenters. The monoisotopic (exact) mass is 733 g/mol. The lowest BCUT2D eigenvalue weighted by molar-refractivity contribution is -0.128. The second-order valence-electron chi connectivity index (χ2n) is 14.3. The Bertz CT molecular complexity index is 1980. The van der Waals surface area contributed by atoms with Crippen LogP contribution in [0.4, 0.5) is 11.5 Å². The Morgan fingerprint density at radius 3 is 2.74 bits per heavy atom. The van der Waals surface area contributed by atoms with Crippen LogP contribution in [-0.4, -0.2) is 90.2 Å². The molecular weight excluding hydrogens is 686 g/mol. The van der Waals surface area contributed by atoms with Crippen molar-refractivity contribution < 1.29 is 14.3 Å². The highest BCUT2D eigenvalue weighted by molar-refractivity contribution is 6.36. The number of hydrogen-bond donors (Lipinski definition) is 0. The summed E-state index contributed by atoms with van der Waals surface area (Å²) in [5.74, 6) is 0.685. The second-order valence-corrected chi connectivity index (χ2v) is 14.7. The van der Waals surface area contributed by atoms with Gasteiger partial charge in [0, 0.05) is 62.0 Å². The molecule has 2 atom stereocenters. The van der Waals surface area contributed by atoms with Crippen molar-refractivity contribution in [2.24, 2.45) is 0 Å². The lowest BCUT2D eigenvalue weighted by Gasteiger charge is -2.42. The van der Waals surface area contributed by atoms with Crippen molar-refractivity contribution in [3.63, 3.8) is 0 Å². The van der Waals surface area contributed by atoms with E-state index >= 15 is 0 Å². The van der Waals surface area contributed by atoms with Gasteiger partial charge in [-0.3, -0.25) is 9.69 Å². The van der Waals surface area contributed by atoms with Gasteiger partial charge in [0.2, 0.25) is 5.91 Å². The van der Waals surface area contributed by atoms with E-state index in [1.165, 1.54) is 17.2 Å². The zero-order valence-electron chi connectivity index (χ0n) is 30.6. The fourth-order valence-corrected chi connectivity index (χ4v) is 8.38. The number of amides is 1. The van der Waals surface area contributed by atoms with Crippen LogP contribution in [0.5, 0.6) is 6.01 Å². The van der Waals surface area contributed by atoms with Crippen molar-refractivity contribution in [1.29, 1.82) is 5.26 Å². The highest BCUT2D eigenvalue weighted by atomic mass is 35.5. The molecule has 0 bridgehead atoms. The van der Waals surface area contributed by atoms with Crippen molar-refractivity contribution in [1.82, 2.24) is 19.8 Å². The Balaban J connectivity index is 1.08. The third kappa shape index (κ3) is 8.43. The number of piperazine rings is 1. The van der Waals surface area contributed by atoms with Crippen molar-refractivity contribution in [2.75, 3.05) is 62.3 Å². The van der Waals surface area contributed by atoms with Crippen molar-refractivity contribution in [3.05, 3.63) is 101 Å². The number of carbonyl (C=O) groups excluding carboxylic acids is 1. The number of hydrogen-bond acceptors (Lipinski definition) is 9. The first kappa shape index (κ1) is 36.7. The molecule has 1 aromatic heterocycles. The SMILES string of the molecule is C=CC(=O)N1CCN(c2nc(OC[C@@H]3CCCN3CCCOCc3cccc(C)c3)nc3c2CCN(c2cccc4cccc(Cl)c24)C3)C[C@@H]1CC#N. The average Bonchev–Trinajstić information content (AvgIpc) is 3.63. The van der Waals surface area contributed by atoms with Crippen molar-refractivity contribution >= 4 is 39.8 Å². The van der Waals surface area contributed by atoms with Crippen LogP contribution in [0.2, 0.25) is 5.02 Å². The van der Waals surface area contributed by atoms with E-state index < -0.39 is 0 Å². The Morgan fingerprint density at radius 1 is 1.06 bits per heavy atom. The number of halogens is 1. The van der Waals surface area contributed by atoms with Gasteiger partial charge in [-0.2, -0.15) is 15.2 Å². The van der Waals surface area contributed by atoms with E-state index in [1.54, 1.807) is 4.90 Å². The zero-order valence-corrected chi connectivity index (χ0v) is 31.3. The molecule has 11 heteroatoms. The maximum absolute atomic E-state index is 12.7. The minimum atomic E-state index is -0.264. The fraction of sp³-hybridized carbons (Fsp3) is 0.429. The molecule has 3 aromatic carbocycles. The van der Waals surface area contributed by atoms with E-state index in [0.29, 0.717) is 52.0 Å². The largest absolute Gasteiger partial charge is 0.462 e. The van der Waals surface area contributed by atoms with Crippen LogP contribution in [0.1, 0.15) is 48.1 Å². The van der Waals surface area contributed by atoms with E-state index in [4.69, 9.17) is 31.0 Å². The lowest BCUT2D eigenvalue weighted by Crippen LogP contribution is -2.55. The molecule has 0 N–H and O–H groups in total. The van der Waals surface area contributed by atoms with Gasteiger partial charge in [-0.15, -0.1) is 0 Å². The normalized spacial score (nSPS) is 18.9. The standard InChI is InChI=1S/C42H48ClN7O3/c1-3-39(51)50-23-22-49(26-33(50)16-18-44)41-35-17-21-48(38-15-6-12-32-11-5-14-36(43)40(32)38)27-37(35)45-42(46-41)53-29-34-13-7-19-47(34)20-8-24-52-28-31-10-4-9-30(2)25-31/h3-6,9-12,14-15,25,33-34H,1,7-8,13,16-17,19-24,26-29H2,2H3/t33-,34-/m0/s1. The molecule has 10 nitrogen and oxygen atoms in total. The lowest BCUT2D eigenvalue weighted by atomic mass is 10.0. The van der Waals surface area contributed by atoms with Gasteiger partial charge < -0.3 is 24.2 Å². The number of fused-ring (bicyclic) bond motifs is 2. The summed E-state index contributed by atoms with van der Waals surface area (Å²) in [6.45, 7) is 12.6. The number of aryl methyl sites for hydroxylation is 1. The molecule has 0 saturated carbocycles. The van der Waals surface area contributed by atoms with Gasteiger partial charge in [-0.05, 0) is 68.3 Å². The van der Waals surface area contributed by atoms with E-state index in [-0.39, 0.29) is 24.4 Å². The maximum Gasteiger partial charge on any atom is 0.318 e. The zero-order chi connectivity index (χ0) is 36.7. The first-order valence-corrected chi connectivity index (χ1v) is 19.2. The number of aromatic nitrogens is 2. The van der Waals surface area contributed by atoms with Crippen molar-refractivity contribution in [2.45, 2.75) is 64.3 Å². The molecule has 2 saturated heterocycles. The summed E-state index contributed by atoms with van der Waals surface area (Å²) >= 11 is 6.76. The summed E-state index contributed by atoms with van der Waals surface area (Å²) in [6, 6.07) is 23.4. The third-order valence-electron chi connectivity index (χ3n) is 10.8. The highest BCUT2D eigenvalue weighted by Gasteiger charge is 2.34. The predicted octanol–water partition coefficient (Wildman–Crippen LogP) is 6.72. The third-order valence-corrected chi connectivity index (χ3v) is 11.1. The molecule has 0 spiro atoms. The van der Waals surface area contributed by atoms with Crippen LogP contribution in [0, 0.1) is 18.3 Å². The van der Waals surface area contributed by atoms with Gasteiger partial charge in [0.15, 0.2) is 0 Å². The van der Waals surface area contributed by atoms with E-state index in [9.17, 15) is 10.1 Å². The minimum absolute atomic E-state index is 0.151. The van der Waals surface area contributed by atoms with Crippen molar-refractivity contribution in [3.8, 4) is 12.1 Å².